The van der Waals surface area contributed by atoms with Crippen molar-refractivity contribution in [2.75, 3.05) is 10.6 Å². The summed E-state index contributed by atoms with van der Waals surface area (Å²) in [5.41, 5.74) is 0.576. The second kappa shape index (κ2) is 8.24. The third-order valence-corrected chi connectivity index (χ3v) is 4.69. The first-order valence-electron chi connectivity index (χ1n) is 8.38. The van der Waals surface area contributed by atoms with Gasteiger partial charge in [-0.2, -0.15) is 0 Å². The van der Waals surface area contributed by atoms with Crippen molar-refractivity contribution in [1.29, 1.82) is 0 Å². The fourth-order valence-electron chi connectivity index (χ4n) is 2.93. The molecule has 0 aliphatic heterocycles. The number of hydrogen-bond acceptors (Lipinski definition) is 4. The van der Waals surface area contributed by atoms with E-state index in [4.69, 9.17) is 0 Å². The van der Waals surface area contributed by atoms with Crippen LogP contribution in [0.5, 0.6) is 0 Å². The summed E-state index contributed by atoms with van der Waals surface area (Å²) in [5, 5.41) is 14.5. The quantitative estimate of drug-likeness (QED) is 0.749. The number of hydrogen-bond donors (Lipinski definition) is 2. The van der Waals surface area contributed by atoms with Gasteiger partial charge >= 0.3 is 0 Å². The molecule has 5 nitrogen and oxygen atoms in total. The normalized spacial score (nSPS) is 15.5. The van der Waals surface area contributed by atoms with Gasteiger partial charge < -0.3 is 10.6 Å². The van der Waals surface area contributed by atoms with Gasteiger partial charge in [0.05, 0.1) is 0 Å². The van der Waals surface area contributed by atoms with E-state index in [9.17, 15) is 4.79 Å². The first-order chi connectivity index (χ1) is 11.7. The molecular formula is C18H21BrN4O. The highest BCUT2D eigenvalue weighted by Crippen LogP contribution is 2.20. The van der Waals surface area contributed by atoms with Gasteiger partial charge in [0.15, 0.2) is 5.82 Å². The fraction of sp³-hybridized carbons (Fsp3) is 0.389. The van der Waals surface area contributed by atoms with Crippen molar-refractivity contribution in [3.8, 4) is 0 Å². The number of aromatic nitrogens is 2. The number of halogens is 1. The summed E-state index contributed by atoms with van der Waals surface area (Å²) in [7, 11) is 0. The lowest BCUT2D eigenvalue weighted by atomic mass is 10.1. The standard InChI is InChI=1S/C18H21BrN4O/c19-14-7-5-6-13(12-14)18(24)21-17-11-10-16(22-23-17)20-15-8-3-1-2-4-9-15/h5-7,10-12,15H,1-4,8-9H2,(H,20,22)(H,21,23,24). The van der Waals surface area contributed by atoms with Crippen LogP contribution in [-0.4, -0.2) is 22.1 Å². The predicted molar refractivity (Wildman–Crippen MR) is 99.2 cm³/mol. The Balaban J connectivity index is 1.58. The molecule has 0 saturated heterocycles. The van der Waals surface area contributed by atoms with Crippen LogP contribution in [0, 0.1) is 0 Å². The third kappa shape index (κ3) is 4.77. The highest BCUT2D eigenvalue weighted by atomic mass is 79.9. The summed E-state index contributed by atoms with van der Waals surface area (Å²) in [4.78, 5) is 12.2. The van der Waals surface area contributed by atoms with Crippen LogP contribution in [0.1, 0.15) is 48.9 Å². The molecule has 1 aromatic heterocycles. The fourth-order valence-corrected chi connectivity index (χ4v) is 3.33. The van der Waals surface area contributed by atoms with E-state index in [1.54, 1.807) is 18.2 Å². The van der Waals surface area contributed by atoms with Crippen molar-refractivity contribution in [2.45, 2.75) is 44.6 Å². The largest absolute Gasteiger partial charge is 0.366 e. The van der Waals surface area contributed by atoms with Crippen LogP contribution in [0.3, 0.4) is 0 Å². The first kappa shape index (κ1) is 16.9. The topological polar surface area (TPSA) is 66.9 Å². The molecule has 0 spiro atoms. The average molecular weight is 389 g/mol. The second-order valence-electron chi connectivity index (χ2n) is 6.10. The Morgan fingerprint density at radius 2 is 1.71 bits per heavy atom. The number of anilines is 2. The minimum absolute atomic E-state index is 0.199. The van der Waals surface area contributed by atoms with Gasteiger partial charge in [-0.15, -0.1) is 10.2 Å². The number of amides is 1. The Bertz CT molecular complexity index is 682. The van der Waals surface area contributed by atoms with E-state index in [-0.39, 0.29) is 5.91 Å². The van der Waals surface area contributed by atoms with E-state index in [2.05, 4.69) is 36.8 Å². The molecule has 3 rings (SSSR count). The van der Waals surface area contributed by atoms with Crippen LogP contribution in [0.15, 0.2) is 40.9 Å². The Kier molecular flexibility index (Phi) is 5.80. The van der Waals surface area contributed by atoms with Crippen molar-refractivity contribution in [3.05, 3.63) is 46.4 Å². The van der Waals surface area contributed by atoms with Crippen LogP contribution in [-0.2, 0) is 0 Å². The van der Waals surface area contributed by atoms with Crippen LogP contribution < -0.4 is 10.6 Å². The lowest BCUT2D eigenvalue weighted by Gasteiger charge is -2.16. The molecule has 0 atom stereocenters. The minimum Gasteiger partial charge on any atom is -0.366 e. The van der Waals surface area contributed by atoms with Crippen LogP contribution in [0.2, 0.25) is 0 Å². The van der Waals surface area contributed by atoms with Gasteiger partial charge in [-0.1, -0.05) is 47.7 Å². The van der Waals surface area contributed by atoms with Crippen LogP contribution >= 0.6 is 15.9 Å². The van der Waals surface area contributed by atoms with E-state index >= 15 is 0 Å². The number of benzene rings is 1. The Morgan fingerprint density at radius 3 is 2.38 bits per heavy atom. The van der Waals surface area contributed by atoms with Crippen molar-refractivity contribution in [1.82, 2.24) is 10.2 Å². The molecule has 6 heteroatoms. The molecule has 24 heavy (non-hydrogen) atoms. The second-order valence-corrected chi connectivity index (χ2v) is 7.02. The lowest BCUT2D eigenvalue weighted by Crippen LogP contribution is -2.19. The van der Waals surface area contributed by atoms with Crippen molar-refractivity contribution in [2.24, 2.45) is 0 Å². The molecule has 0 bridgehead atoms. The summed E-state index contributed by atoms with van der Waals surface area (Å²) in [6.45, 7) is 0. The van der Waals surface area contributed by atoms with Crippen LogP contribution in [0.25, 0.3) is 0 Å². The van der Waals surface area contributed by atoms with Gasteiger partial charge in [0.1, 0.15) is 5.82 Å². The predicted octanol–water partition coefficient (Wildman–Crippen LogP) is 4.63. The van der Waals surface area contributed by atoms with Crippen molar-refractivity contribution < 1.29 is 4.79 Å². The summed E-state index contributed by atoms with van der Waals surface area (Å²) in [6.07, 6.45) is 7.55. The Hall–Kier alpha value is -1.95. The molecule has 1 fully saturated rings. The summed E-state index contributed by atoms with van der Waals surface area (Å²) >= 11 is 3.36. The molecule has 2 N–H and O–H groups in total. The van der Waals surface area contributed by atoms with E-state index in [1.165, 1.54) is 38.5 Å². The highest BCUT2D eigenvalue weighted by Gasteiger charge is 2.13. The number of carbonyl (C=O) groups excluding carboxylic acids is 1. The third-order valence-electron chi connectivity index (χ3n) is 4.20. The smallest absolute Gasteiger partial charge is 0.256 e. The molecular weight excluding hydrogens is 368 g/mol. The van der Waals surface area contributed by atoms with Crippen molar-refractivity contribution in [3.63, 3.8) is 0 Å². The molecule has 1 aromatic carbocycles. The Morgan fingerprint density at radius 1 is 1.00 bits per heavy atom. The Labute approximate surface area is 150 Å². The van der Waals surface area contributed by atoms with Crippen LogP contribution in [0.4, 0.5) is 11.6 Å². The average Bonchev–Trinajstić information content (AvgIpc) is 2.85. The highest BCUT2D eigenvalue weighted by molar-refractivity contribution is 9.10. The molecule has 1 aliphatic carbocycles. The molecule has 1 aliphatic rings. The van der Waals surface area contributed by atoms with E-state index in [1.807, 2.05) is 18.2 Å². The monoisotopic (exact) mass is 388 g/mol. The number of rotatable bonds is 4. The van der Waals surface area contributed by atoms with Gasteiger partial charge in [0.2, 0.25) is 0 Å². The zero-order valence-corrected chi connectivity index (χ0v) is 15.1. The van der Waals surface area contributed by atoms with E-state index < -0.39 is 0 Å². The summed E-state index contributed by atoms with van der Waals surface area (Å²) in [5.74, 6) is 1.02. The maximum atomic E-state index is 12.2. The number of carbonyl (C=O) groups is 1. The number of nitrogens with zero attached hydrogens (tertiary/aromatic N) is 2. The minimum atomic E-state index is -0.199. The number of nitrogens with one attached hydrogen (secondary N) is 2. The SMILES string of the molecule is O=C(Nc1ccc(NC2CCCCCC2)nn1)c1cccc(Br)c1. The van der Waals surface area contributed by atoms with Gasteiger partial charge in [-0.25, -0.2) is 0 Å². The molecule has 1 saturated carbocycles. The molecule has 2 aromatic rings. The first-order valence-corrected chi connectivity index (χ1v) is 9.17. The maximum absolute atomic E-state index is 12.2. The van der Waals surface area contributed by atoms with Gasteiger partial charge in [0, 0.05) is 16.1 Å². The molecule has 0 unspecified atom stereocenters. The van der Waals surface area contributed by atoms with Crippen molar-refractivity contribution >= 4 is 33.5 Å². The molecule has 1 heterocycles. The maximum Gasteiger partial charge on any atom is 0.256 e. The molecule has 1 amide bonds. The summed E-state index contributed by atoms with van der Waals surface area (Å²) in [6, 6.07) is 11.4. The molecule has 126 valence electrons. The van der Waals surface area contributed by atoms with Gasteiger partial charge in [-0.05, 0) is 43.2 Å². The zero-order chi connectivity index (χ0) is 16.8. The van der Waals surface area contributed by atoms with E-state index in [0.29, 0.717) is 17.4 Å². The zero-order valence-electron chi connectivity index (χ0n) is 13.5. The lowest BCUT2D eigenvalue weighted by molar-refractivity contribution is 0.102. The van der Waals surface area contributed by atoms with E-state index in [0.717, 1.165) is 10.3 Å². The van der Waals surface area contributed by atoms with Gasteiger partial charge in [-0.3, -0.25) is 4.79 Å². The van der Waals surface area contributed by atoms with Gasteiger partial charge in [0.25, 0.3) is 5.91 Å². The molecule has 0 radical (unpaired) electrons. The summed E-state index contributed by atoms with van der Waals surface area (Å²) < 4.78 is 0.865.